The van der Waals surface area contributed by atoms with Crippen molar-refractivity contribution in [2.45, 2.75) is 64.8 Å². The molecule has 0 radical (unpaired) electrons. The molecule has 1 amide bonds. The highest BCUT2D eigenvalue weighted by Gasteiger charge is 2.32. The van der Waals surface area contributed by atoms with Crippen LogP contribution in [0.25, 0.3) is 0 Å². The van der Waals surface area contributed by atoms with Crippen LogP contribution in [-0.4, -0.2) is 27.5 Å². The van der Waals surface area contributed by atoms with Crippen molar-refractivity contribution in [3.05, 3.63) is 47.6 Å². The van der Waals surface area contributed by atoms with Gasteiger partial charge in [0.1, 0.15) is 6.04 Å². The molecule has 2 heterocycles. The lowest BCUT2D eigenvalue weighted by Gasteiger charge is -2.33. The number of benzene rings is 1. The monoisotopic (exact) mass is 355 g/mol. The van der Waals surface area contributed by atoms with Crippen molar-refractivity contribution in [3.8, 4) is 0 Å². The molecule has 1 fully saturated rings. The molecule has 1 saturated heterocycles. The summed E-state index contributed by atoms with van der Waals surface area (Å²) in [5, 5.41) is 4.15. The quantitative estimate of drug-likeness (QED) is 0.741. The molecule has 3 rings (SSSR count). The second kappa shape index (κ2) is 8.97. The average Bonchev–Trinajstić information content (AvgIpc) is 3.11. The van der Waals surface area contributed by atoms with E-state index in [0.717, 1.165) is 50.9 Å². The molecule has 1 aromatic heterocycles. The zero-order valence-electron chi connectivity index (χ0n) is 15.9. The number of aromatic nitrogens is 2. The fourth-order valence-corrected chi connectivity index (χ4v) is 3.55. The van der Waals surface area contributed by atoms with Crippen LogP contribution >= 0.6 is 0 Å². The first-order valence-electron chi connectivity index (χ1n) is 9.79. The minimum Gasteiger partial charge on any atom is -0.337 e. The first-order valence-corrected chi connectivity index (χ1v) is 9.79. The topological polar surface area (TPSA) is 59.2 Å². The van der Waals surface area contributed by atoms with Crippen LogP contribution < -0.4 is 0 Å². The number of hydrogen-bond acceptors (Lipinski definition) is 4. The highest BCUT2D eigenvalue weighted by Crippen LogP contribution is 2.31. The minimum atomic E-state index is -0.0506. The summed E-state index contributed by atoms with van der Waals surface area (Å²) < 4.78 is 5.54. The van der Waals surface area contributed by atoms with Gasteiger partial charge in [-0.1, -0.05) is 49.3 Å². The Morgan fingerprint density at radius 1 is 1.23 bits per heavy atom. The number of rotatable bonds is 7. The number of likely N-dealkylation sites (tertiary alicyclic amines) is 1. The van der Waals surface area contributed by atoms with Crippen LogP contribution in [0.5, 0.6) is 0 Å². The third-order valence-electron chi connectivity index (χ3n) is 4.88. The molecule has 0 spiro atoms. The zero-order valence-corrected chi connectivity index (χ0v) is 15.9. The summed E-state index contributed by atoms with van der Waals surface area (Å²) in [5.74, 6) is 1.92. The van der Waals surface area contributed by atoms with Gasteiger partial charge in [-0.3, -0.25) is 4.79 Å². The first kappa shape index (κ1) is 18.6. The highest BCUT2D eigenvalue weighted by molar-refractivity contribution is 5.76. The van der Waals surface area contributed by atoms with Gasteiger partial charge in [0, 0.05) is 19.4 Å². The Kier molecular flexibility index (Phi) is 6.42. The van der Waals surface area contributed by atoms with E-state index in [0.29, 0.717) is 18.2 Å². The van der Waals surface area contributed by atoms with E-state index in [4.69, 9.17) is 4.52 Å². The summed E-state index contributed by atoms with van der Waals surface area (Å²) in [4.78, 5) is 19.1. The Balaban J connectivity index is 1.59. The molecule has 1 aromatic carbocycles. The molecular weight excluding hydrogens is 326 g/mol. The standard InChI is InChI=1S/C21H29N3O2/c1-16(2)15-20(25)24-14-7-6-12-18(24)21-22-19(23-26-21)13-8-11-17-9-4-3-5-10-17/h3-5,9-10,16,18H,6-8,11-15H2,1-2H3/t18-/m0/s1. The van der Waals surface area contributed by atoms with Crippen molar-refractivity contribution in [3.63, 3.8) is 0 Å². The van der Waals surface area contributed by atoms with Gasteiger partial charge in [0.25, 0.3) is 0 Å². The van der Waals surface area contributed by atoms with Crippen LogP contribution in [-0.2, 0) is 17.6 Å². The number of aryl methyl sites for hydroxylation is 2. The third-order valence-corrected chi connectivity index (χ3v) is 4.88. The van der Waals surface area contributed by atoms with E-state index < -0.39 is 0 Å². The second-order valence-corrected chi connectivity index (χ2v) is 7.58. The highest BCUT2D eigenvalue weighted by atomic mass is 16.5. The molecular formula is C21H29N3O2. The molecule has 2 aromatic rings. The van der Waals surface area contributed by atoms with E-state index in [1.165, 1.54) is 5.56 Å². The molecule has 1 aliphatic rings. The molecule has 1 aliphatic heterocycles. The fourth-order valence-electron chi connectivity index (χ4n) is 3.55. The van der Waals surface area contributed by atoms with Gasteiger partial charge in [-0.05, 0) is 43.6 Å². The van der Waals surface area contributed by atoms with E-state index in [9.17, 15) is 4.79 Å². The summed E-state index contributed by atoms with van der Waals surface area (Å²) in [6.45, 7) is 4.95. The summed E-state index contributed by atoms with van der Waals surface area (Å²) in [6, 6.07) is 10.4. The maximum absolute atomic E-state index is 12.6. The predicted octanol–water partition coefficient (Wildman–Crippen LogP) is 4.34. The van der Waals surface area contributed by atoms with Gasteiger partial charge in [0.15, 0.2) is 5.82 Å². The summed E-state index contributed by atoms with van der Waals surface area (Å²) in [5.41, 5.74) is 1.33. The lowest BCUT2D eigenvalue weighted by Crippen LogP contribution is -2.39. The Morgan fingerprint density at radius 2 is 2.04 bits per heavy atom. The van der Waals surface area contributed by atoms with Crippen molar-refractivity contribution in [1.82, 2.24) is 15.0 Å². The fraction of sp³-hybridized carbons (Fsp3) is 0.571. The van der Waals surface area contributed by atoms with Crippen molar-refractivity contribution in [2.24, 2.45) is 5.92 Å². The lowest BCUT2D eigenvalue weighted by molar-refractivity contribution is -0.136. The van der Waals surface area contributed by atoms with Gasteiger partial charge < -0.3 is 9.42 Å². The lowest BCUT2D eigenvalue weighted by atomic mass is 10.00. The first-order chi connectivity index (χ1) is 12.6. The predicted molar refractivity (Wildman–Crippen MR) is 101 cm³/mol. The van der Waals surface area contributed by atoms with Crippen molar-refractivity contribution >= 4 is 5.91 Å². The normalized spacial score (nSPS) is 17.7. The van der Waals surface area contributed by atoms with E-state index >= 15 is 0 Å². The number of piperidine rings is 1. The maximum Gasteiger partial charge on any atom is 0.249 e. The van der Waals surface area contributed by atoms with E-state index in [1.807, 2.05) is 11.0 Å². The van der Waals surface area contributed by atoms with Crippen molar-refractivity contribution in [1.29, 1.82) is 0 Å². The molecule has 0 bridgehead atoms. The van der Waals surface area contributed by atoms with Gasteiger partial charge in [0.05, 0.1) is 0 Å². The van der Waals surface area contributed by atoms with E-state index in [-0.39, 0.29) is 11.9 Å². The molecule has 0 saturated carbocycles. The molecule has 5 heteroatoms. The van der Waals surface area contributed by atoms with Crippen molar-refractivity contribution < 1.29 is 9.32 Å². The van der Waals surface area contributed by atoms with Gasteiger partial charge in [0.2, 0.25) is 11.8 Å². The Bertz CT molecular complexity index is 696. The van der Waals surface area contributed by atoms with Gasteiger partial charge >= 0.3 is 0 Å². The molecule has 140 valence electrons. The van der Waals surface area contributed by atoms with Crippen LogP contribution in [0, 0.1) is 5.92 Å². The van der Waals surface area contributed by atoms with Gasteiger partial charge in [-0.25, -0.2) is 0 Å². The number of carbonyl (C=O) groups excluding carboxylic acids is 1. The van der Waals surface area contributed by atoms with Crippen molar-refractivity contribution in [2.75, 3.05) is 6.54 Å². The SMILES string of the molecule is CC(C)CC(=O)N1CCCC[C@H]1c1nc(CCCc2ccccc2)no1. The van der Waals surface area contributed by atoms with E-state index in [2.05, 4.69) is 48.3 Å². The number of carbonyl (C=O) groups is 1. The average molecular weight is 355 g/mol. The van der Waals surface area contributed by atoms with Crippen LogP contribution in [0.3, 0.4) is 0 Å². The van der Waals surface area contributed by atoms with Crippen LogP contribution in [0.15, 0.2) is 34.9 Å². The minimum absolute atomic E-state index is 0.0506. The number of nitrogens with zero attached hydrogens (tertiary/aromatic N) is 3. The van der Waals surface area contributed by atoms with Crippen LogP contribution in [0.4, 0.5) is 0 Å². The summed E-state index contributed by atoms with van der Waals surface area (Å²) in [7, 11) is 0. The van der Waals surface area contributed by atoms with Crippen LogP contribution in [0.1, 0.15) is 69.3 Å². The molecule has 0 aliphatic carbocycles. The summed E-state index contributed by atoms with van der Waals surface area (Å²) in [6.07, 6.45) is 6.44. The molecule has 26 heavy (non-hydrogen) atoms. The zero-order chi connectivity index (χ0) is 18.4. The smallest absolute Gasteiger partial charge is 0.249 e. The molecule has 1 atom stereocenters. The second-order valence-electron chi connectivity index (χ2n) is 7.58. The number of amides is 1. The summed E-state index contributed by atoms with van der Waals surface area (Å²) >= 11 is 0. The Labute approximate surface area is 155 Å². The third kappa shape index (κ3) is 4.93. The van der Waals surface area contributed by atoms with Gasteiger partial charge in [-0.15, -0.1) is 0 Å². The maximum atomic E-state index is 12.6. The Morgan fingerprint density at radius 3 is 2.81 bits per heavy atom. The Hall–Kier alpha value is -2.17. The molecule has 0 N–H and O–H groups in total. The molecule has 5 nitrogen and oxygen atoms in total. The van der Waals surface area contributed by atoms with Crippen LogP contribution in [0.2, 0.25) is 0 Å². The molecule has 0 unspecified atom stereocenters. The van der Waals surface area contributed by atoms with Gasteiger partial charge in [-0.2, -0.15) is 4.98 Å². The number of hydrogen-bond donors (Lipinski definition) is 0. The largest absolute Gasteiger partial charge is 0.337 e. The van der Waals surface area contributed by atoms with E-state index in [1.54, 1.807) is 0 Å².